The van der Waals surface area contributed by atoms with Crippen molar-refractivity contribution in [2.75, 3.05) is 37.4 Å². The average Bonchev–Trinajstić information content (AvgIpc) is 2.85. The van der Waals surface area contributed by atoms with Crippen LogP contribution in [0.15, 0.2) is 60.8 Å². The molecule has 0 spiro atoms. The highest BCUT2D eigenvalue weighted by molar-refractivity contribution is 7.79. The number of pyridine rings is 1. The Labute approximate surface area is 215 Å². The van der Waals surface area contributed by atoms with Gasteiger partial charge in [-0.25, -0.2) is 0 Å². The molecule has 11 heteroatoms. The van der Waals surface area contributed by atoms with Gasteiger partial charge in [0.1, 0.15) is 0 Å². The monoisotopic (exact) mass is 531 g/mol. The molecule has 0 bridgehead atoms. The highest BCUT2D eigenvalue weighted by atomic mass is 35.5. The summed E-state index contributed by atoms with van der Waals surface area (Å²) in [4.78, 5) is 33.5. The van der Waals surface area contributed by atoms with Crippen LogP contribution < -0.4 is 5.32 Å². The third-order valence-electron chi connectivity index (χ3n) is 5.57. The lowest BCUT2D eigenvalue weighted by Gasteiger charge is -2.35. The van der Waals surface area contributed by atoms with E-state index in [1.54, 1.807) is 46.3 Å². The van der Waals surface area contributed by atoms with Gasteiger partial charge < -0.3 is 14.8 Å². The number of piperazine rings is 1. The normalized spacial score (nSPS) is 15.0. The molecule has 1 unspecified atom stereocenters. The van der Waals surface area contributed by atoms with Gasteiger partial charge in [-0.2, -0.15) is 0 Å². The van der Waals surface area contributed by atoms with Crippen LogP contribution in [0.4, 0.5) is 5.69 Å². The van der Waals surface area contributed by atoms with Crippen molar-refractivity contribution in [3.8, 4) is 11.3 Å². The average molecular weight is 532 g/mol. The van der Waals surface area contributed by atoms with Crippen LogP contribution in [-0.2, 0) is 11.1 Å². The lowest BCUT2D eigenvalue weighted by atomic mass is 10.1. The minimum atomic E-state index is -2.15. The maximum absolute atomic E-state index is 12.9. The van der Waals surface area contributed by atoms with E-state index in [0.29, 0.717) is 53.7 Å². The maximum atomic E-state index is 12.9. The molecule has 1 N–H and O–H groups in total. The quantitative estimate of drug-likeness (QED) is 0.483. The fraction of sp³-hybridized carbons (Fsp3) is 0.208. The van der Waals surface area contributed by atoms with Crippen molar-refractivity contribution in [1.82, 2.24) is 14.8 Å². The standard InChI is InChI=1S/C24H22Cl2N4O4S/c25-20-7-5-17(14-19(20)22-3-1-2-8-27-22)28-23(31)18-6-4-16(13-21(18)26)24(32)30-11-9-29(10-12-30)15-35(33)34/h1-8,13-14H,9-12,15H2,(H,28,31)(H,33,34)/p-1. The van der Waals surface area contributed by atoms with Crippen LogP contribution in [0.1, 0.15) is 20.7 Å². The lowest BCUT2D eigenvalue weighted by molar-refractivity contribution is 0.0656. The molecule has 2 heterocycles. The number of rotatable bonds is 6. The predicted molar refractivity (Wildman–Crippen MR) is 135 cm³/mol. The van der Waals surface area contributed by atoms with Gasteiger partial charge in [-0.1, -0.05) is 29.3 Å². The highest BCUT2D eigenvalue weighted by Gasteiger charge is 2.23. The van der Waals surface area contributed by atoms with E-state index in [1.165, 1.54) is 12.1 Å². The second-order valence-electron chi connectivity index (χ2n) is 7.90. The molecular weight excluding hydrogens is 511 g/mol. The summed E-state index contributed by atoms with van der Waals surface area (Å²) in [6.07, 6.45) is 1.66. The van der Waals surface area contributed by atoms with Gasteiger partial charge in [0.15, 0.2) is 0 Å². The van der Waals surface area contributed by atoms with E-state index in [9.17, 15) is 18.4 Å². The van der Waals surface area contributed by atoms with Gasteiger partial charge in [-0.3, -0.25) is 23.7 Å². The molecule has 3 aromatic rings. The molecule has 2 amide bonds. The van der Waals surface area contributed by atoms with Crippen LogP contribution in [0.5, 0.6) is 0 Å². The molecular formula is C24H21Cl2N4O4S-. The van der Waals surface area contributed by atoms with Gasteiger partial charge in [0.25, 0.3) is 11.8 Å². The molecule has 1 aliphatic rings. The molecule has 1 aromatic heterocycles. The molecule has 35 heavy (non-hydrogen) atoms. The number of amides is 2. The molecule has 1 atom stereocenters. The SMILES string of the molecule is O=C(Nc1ccc(Cl)c(-c2ccccn2)c1)c1ccc(C(=O)N2CCN(CS(=O)[O-])CC2)cc1Cl. The number of nitrogens with zero attached hydrogens (tertiary/aromatic N) is 3. The third kappa shape index (κ3) is 6.25. The molecule has 1 saturated heterocycles. The Bertz CT molecular complexity index is 1270. The molecule has 1 aliphatic heterocycles. The summed E-state index contributed by atoms with van der Waals surface area (Å²) < 4.78 is 21.7. The zero-order valence-electron chi connectivity index (χ0n) is 18.4. The Kier molecular flexibility index (Phi) is 8.15. The number of hydrogen-bond acceptors (Lipinski definition) is 6. The van der Waals surface area contributed by atoms with E-state index in [-0.39, 0.29) is 22.4 Å². The summed E-state index contributed by atoms with van der Waals surface area (Å²) in [5.74, 6) is -0.698. The predicted octanol–water partition coefficient (Wildman–Crippen LogP) is 3.90. The first-order chi connectivity index (χ1) is 16.8. The molecule has 2 aromatic carbocycles. The number of carbonyl (C=O) groups excluding carboxylic acids is 2. The molecule has 0 radical (unpaired) electrons. The van der Waals surface area contributed by atoms with Crippen molar-refractivity contribution in [3.05, 3.63) is 82.0 Å². The Hall–Kier alpha value is -2.82. The summed E-state index contributed by atoms with van der Waals surface area (Å²) in [7, 11) is 0. The third-order valence-corrected chi connectivity index (χ3v) is 6.79. The van der Waals surface area contributed by atoms with Crippen molar-refractivity contribution in [2.24, 2.45) is 0 Å². The minimum Gasteiger partial charge on any atom is -0.771 e. The van der Waals surface area contributed by atoms with Crippen LogP contribution in [0, 0.1) is 0 Å². The molecule has 1 fully saturated rings. The number of nitrogens with one attached hydrogen (secondary N) is 1. The maximum Gasteiger partial charge on any atom is 0.257 e. The van der Waals surface area contributed by atoms with Gasteiger partial charge >= 0.3 is 0 Å². The second kappa shape index (κ2) is 11.3. The first-order valence-electron chi connectivity index (χ1n) is 10.7. The van der Waals surface area contributed by atoms with Crippen molar-refractivity contribution in [3.63, 3.8) is 0 Å². The van der Waals surface area contributed by atoms with Crippen molar-refractivity contribution in [2.45, 2.75) is 0 Å². The molecule has 8 nitrogen and oxygen atoms in total. The van der Waals surface area contributed by atoms with E-state index in [2.05, 4.69) is 10.3 Å². The smallest absolute Gasteiger partial charge is 0.257 e. The van der Waals surface area contributed by atoms with Gasteiger partial charge in [0.2, 0.25) is 0 Å². The Morgan fingerprint density at radius 2 is 1.77 bits per heavy atom. The van der Waals surface area contributed by atoms with E-state index in [1.807, 2.05) is 12.1 Å². The van der Waals surface area contributed by atoms with E-state index in [0.717, 1.165) is 0 Å². The number of anilines is 1. The Morgan fingerprint density at radius 1 is 1.00 bits per heavy atom. The summed E-state index contributed by atoms with van der Waals surface area (Å²) in [6.45, 7) is 1.75. The summed E-state index contributed by atoms with van der Waals surface area (Å²) >= 11 is 10.5. The number of benzene rings is 2. The van der Waals surface area contributed by atoms with Gasteiger partial charge in [-0.05, 0) is 59.6 Å². The summed E-state index contributed by atoms with van der Waals surface area (Å²) in [6, 6.07) is 15.1. The van der Waals surface area contributed by atoms with Crippen LogP contribution in [0.25, 0.3) is 11.3 Å². The van der Waals surface area contributed by atoms with Gasteiger partial charge in [-0.15, -0.1) is 0 Å². The fourth-order valence-corrected chi connectivity index (χ4v) is 4.80. The molecule has 0 aliphatic carbocycles. The number of hydrogen-bond donors (Lipinski definition) is 1. The highest BCUT2D eigenvalue weighted by Crippen LogP contribution is 2.30. The van der Waals surface area contributed by atoms with Crippen LogP contribution in [-0.4, -0.2) is 67.4 Å². The number of halogens is 2. The van der Waals surface area contributed by atoms with Crippen molar-refractivity contribution >= 4 is 51.8 Å². The first kappa shape index (κ1) is 25.3. The van der Waals surface area contributed by atoms with E-state index >= 15 is 0 Å². The van der Waals surface area contributed by atoms with Crippen LogP contribution >= 0.6 is 23.2 Å². The van der Waals surface area contributed by atoms with Gasteiger partial charge in [0.05, 0.1) is 27.2 Å². The zero-order chi connectivity index (χ0) is 24.9. The number of carbonyl (C=O) groups is 2. The largest absolute Gasteiger partial charge is 0.771 e. The molecule has 0 saturated carbocycles. The van der Waals surface area contributed by atoms with E-state index in [4.69, 9.17) is 23.2 Å². The minimum absolute atomic E-state index is 0.0470. The van der Waals surface area contributed by atoms with E-state index < -0.39 is 17.0 Å². The van der Waals surface area contributed by atoms with Crippen LogP contribution in [0.2, 0.25) is 10.0 Å². The molecule has 4 rings (SSSR count). The summed E-state index contributed by atoms with van der Waals surface area (Å²) in [5, 5.41) is 3.46. The van der Waals surface area contributed by atoms with Crippen LogP contribution in [0.3, 0.4) is 0 Å². The van der Waals surface area contributed by atoms with Crippen molar-refractivity contribution < 1.29 is 18.4 Å². The Balaban J connectivity index is 1.44. The zero-order valence-corrected chi connectivity index (χ0v) is 20.8. The molecule has 182 valence electrons. The van der Waals surface area contributed by atoms with Crippen molar-refractivity contribution in [1.29, 1.82) is 0 Å². The second-order valence-corrected chi connectivity index (χ2v) is 9.58. The topological polar surface area (TPSA) is 106 Å². The Morgan fingerprint density at radius 3 is 2.43 bits per heavy atom. The van der Waals surface area contributed by atoms with Gasteiger partial charge in [0, 0.05) is 49.2 Å². The number of aromatic nitrogens is 1. The summed E-state index contributed by atoms with van der Waals surface area (Å²) in [5.41, 5.74) is 2.46. The first-order valence-corrected chi connectivity index (χ1v) is 12.7. The fourth-order valence-electron chi connectivity index (χ4n) is 3.76. The lowest BCUT2D eigenvalue weighted by Crippen LogP contribution is -2.49.